The average Bonchev–Trinajstić information content (AvgIpc) is 2.84. The number of carboxylic acids is 1. The van der Waals surface area contributed by atoms with E-state index >= 15 is 0 Å². The lowest BCUT2D eigenvalue weighted by Crippen LogP contribution is -2.13. The molecule has 1 heterocycles. The Kier molecular flexibility index (Phi) is 5.70. The quantitative estimate of drug-likeness (QED) is 0.808. The number of aromatic nitrogens is 1. The molecule has 0 aliphatic carbocycles. The molecule has 24 heavy (non-hydrogen) atoms. The van der Waals surface area contributed by atoms with Gasteiger partial charge in [0.25, 0.3) is 0 Å². The van der Waals surface area contributed by atoms with E-state index in [1.54, 1.807) is 13.0 Å². The number of methoxy groups -OCH3 is 1. The van der Waals surface area contributed by atoms with Gasteiger partial charge in [0.2, 0.25) is 5.91 Å². The zero-order valence-electron chi connectivity index (χ0n) is 13.9. The number of rotatable bonds is 7. The number of benzene rings is 1. The third-order valence-corrected chi connectivity index (χ3v) is 3.62. The zero-order chi connectivity index (χ0) is 17.7. The molecule has 0 aliphatic rings. The van der Waals surface area contributed by atoms with E-state index in [1.807, 2.05) is 6.92 Å². The number of amides is 1. The average molecular weight is 332 g/mol. The summed E-state index contributed by atoms with van der Waals surface area (Å²) < 4.78 is 10.1. The monoisotopic (exact) mass is 332 g/mol. The Morgan fingerprint density at radius 2 is 2.04 bits per heavy atom. The first kappa shape index (κ1) is 17.7. The summed E-state index contributed by atoms with van der Waals surface area (Å²) in [5.74, 6) is -0.560. The van der Waals surface area contributed by atoms with Crippen molar-refractivity contribution >= 4 is 17.6 Å². The highest BCUT2D eigenvalue weighted by atomic mass is 16.5. The number of nitrogens with one attached hydrogen (secondary N) is 1. The van der Waals surface area contributed by atoms with Crippen LogP contribution in [0.25, 0.3) is 0 Å². The maximum Gasteiger partial charge on any atom is 0.335 e. The molecule has 0 radical (unpaired) electrons. The van der Waals surface area contributed by atoms with Crippen LogP contribution in [0.15, 0.2) is 22.7 Å². The van der Waals surface area contributed by atoms with E-state index < -0.39 is 5.97 Å². The van der Waals surface area contributed by atoms with Crippen LogP contribution in [0.2, 0.25) is 0 Å². The Hall–Kier alpha value is -2.67. The molecule has 0 fully saturated rings. The van der Waals surface area contributed by atoms with E-state index in [1.165, 1.54) is 19.2 Å². The Morgan fingerprint density at radius 1 is 1.29 bits per heavy atom. The molecular formula is C17H20N2O5. The van der Waals surface area contributed by atoms with Crippen molar-refractivity contribution in [1.82, 2.24) is 5.16 Å². The fraction of sp³-hybridized carbons (Fsp3) is 0.353. The summed E-state index contributed by atoms with van der Waals surface area (Å²) in [4.78, 5) is 23.3. The van der Waals surface area contributed by atoms with Crippen molar-refractivity contribution in [3.8, 4) is 0 Å². The van der Waals surface area contributed by atoms with Crippen molar-refractivity contribution in [3.05, 3.63) is 46.3 Å². The van der Waals surface area contributed by atoms with Gasteiger partial charge in [0.15, 0.2) is 0 Å². The molecule has 0 aliphatic heterocycles. The van der Waals surface area contributed by atoms with Gasteiger partial charge in [0.05, 0.1) is 17.9 Å². The number of hydrogen-bond acceptors (Lipinski definition) is 5. The molecule has 0 saturated heterocycles. The van der Waals surface area contributed by atoms with Crippen molar-refractivity contribution < 1.29 is 24.0 Å². The topological polar surface area (TPSA) is 102 Å². The molecule has 0 unspecified atom stereocenters. The van der Waals surface area contributed by atoms with E-state index in [-0.39, 0.29) is 24.5 Å². The minimum absolute atomic E-state index is 0.102. The summed E-state index contributed by atoms with van der Waals surface area (Å²) in [6, 6.07) is 4.64. The second-order valence-electron chi connectivity index (χ2n) is 5.51. The van der Waals surface area contributed by atoms with Gasteiger partial charge >= 0.3 is 5.97 Å². The molecular weight excluding hydrogens is 312 g/mol. The predicted octanol–water partition coefficient (Wildman–Crippen LogP) is 2.71. The highest BCUT2D eigenvalue weighted by Crippen LogP contribution is 2.18. The van der Waals surface area contributed by atoms with E-state index in [2.05, 4.69) is 10.5 Å². The van der Waals surface area contributed by atoms with Crippen molar-refractivity contribution in [3.63, 3.8) is 0 Å². The van der Waals surface area contributed by atoms with Gasteiger partial charge in [-0.1, -0.05) is 5.16 Å². The van der Waals surface area contributed by atoms with Gasteiger partial charge in [-0.2, -0.15) is 0 Å². The van der Waals surface area contributed by atoms with Crippen LogP contribution in [0.3, 0.4) is 0 Å². The number of aromatic carboxylic acids is 1. The Morgan fingerprint density at radius 3 is 2.62 bits per heavy atom. The van der Waals surface area contributed by atoms with Crippen LogP contribution in [-0.4, -0.2) is 29.2 Å². The highest BCUT2D eigenvalue weighted by Gasteiger charge is 2.13. The molecule has 128 valence electrons. The van der Waals surface area contributed by atoms with E-state index in [0.717, 1.165) is 11.3 Å². The number of carboxylic acid groups (broad SMARTS) is 1. The van der Waals surface area contributed by atoms with Gasteiger partial charge < -0.3 is 19.7 Å². The maximum absolute atomic E-state index is 12.1. The first-order chi connectivity index (χ1) is 11.4. The van der Waals surface area contributed by atoms with Gasteiger partial charge in [-0.3, -0.25) is 4.79 Å². The smallest absolute Gasteiger partial charge is 0.335 e. The Labute approximate surface area is 139 Å². The minimum atomic E-state index is -1.06. The molecule has 1 amide bonds. The molecule has 0 atom stereocenters. The third kappa shape index (κ3) is 4.42. The lowest BCUT2D eigenvalue weighted by atomic mass is 10.1. The molecule has 0 saturated carbocycles. The van der Waals surface area contributed by atoms with E-state index in [9.17, 15) is 9.59 Å². The van der Waals surface area contributed by atoms with Gasteiger partial charge in [-0.15, -0.1) is 0 Å². The van der Waals surface area contributed by atoms with Crippen molar-refractivity contribution in [2.24, 2.45) is 0 Å². The standard InChI is InChI=1S/C17H20N2O5/c1-10-15(11(2)24-19-10)4-5-16(20)18-14-7-12(9-23-3)6-13(8-14)17(21)22/h6-8H,4-5,9H2,1-3H3,(H,18,20)(H,21,22). The fourth-order valence-corrected chi connectivity index (χ4v) is 2.46. The van der Waals surface area contributed by atoms with Gasteiger partial charge in [-0.05, 0) is 44.0 Å². The molecule has 7 heteroatoms. The molecule has 2 aromatic rings. The van der Waals surface area contributed by atoms with Crippen molar-refractivity contribution in [2.75, 3.05) is 12.4 Å². The number of carbonyl (C=O) groups excluding carboxylic acids is 1. The first-order valence-corrected chi connectivity index (χ1v) is 7.48. The van der Waals surface area contributed by atoms with Crippen molar-refractivity contribution in [1.29, 1.82) is 0 Å². The largest absolute Gasteiger partial charge is 0.478 e. The van der Waals surface area contributed by atoms with Crippen molar-refractivity contribution in [2.45, 2.75) is 33.3 Å². The minimum Gasteiger partial charge on any atom is -0.478 e. The number of hydrogen-bond donors (Lipinski definition) is 2. The SMILES string of the molecule is COCc1cc(NC(=O)CCc2c(C)noc2C)cc(C(=O)O)c1. The number of aryl methyl sites for hydroxylation is 2. The van der Waals surface area contributed by atoms with E-state index in [0.29, 0.717) is 23.4 Å². The molecule has 1 aromatic carbocycles. The van der Waals surface area contributed by atoms with Crippen LogP contribution >= 0.6 is 0 Å². The molecule has 7 nitrogen and oxygen atoms in total. The number of nitrogens with zero attached hydrogens (tertiary/aromatic N) is 1. The first-order valence-electron chi connectivity index (χ1n) is 7.48. The number of ether oxygens (including phenoxy) is 1. The normalized spacial score (nSPS) is 10.6. The van der Waals surface area contributed by atoms with Crippen LogP contribution in [0, 0.1) is 13.8 Å². The summed E-state index contributed by atoms with van der Waals surface area (Å²) >= 11 is 0. The second kappa shape index (κ2) is 7.74. The predicted molar refractivity (Wildman–Crippen MR) is 87.0 cm³/mol. The fourth-order valence-electron chi connectivity index (χ4n) is 2.46. The summed E-state index contributed by atoms with van der Waals surface area (Å²) in [5, 5.41) is 15.7. The maximum atomic E-state index is 12.1. The second-order valence-corrected chi connectivity index (χ2v) is 5.51. The van der Waals surface area contributed by atoms with Crippen LogP contribution < -0.4 is 5.32 Å². The molecule has 2 N–H and O–H groups in total. The van der Waals surface area contributed by atoms with Crippen LogP contribution in [0.1, 0.15) is 39.4 Å². The molecule has 2 rings (SSSR count). The van der Waals surface area contributed by atoms with Gasteiger partial charge in [-0.25, -0.2) is 4.79 Å². The van der Waals surface area contributed by atoms with E-state index in [4.69, 9.17) is 14.4 Å². The Balaban J connectivity index is 2.06. The third-order valence-electron chi connectivity index (χ3n) is 3.62. The lowest BCUT2D eigenvalue weighted by molar-refractivity contribution is -0.116. The summed E-state index contributed by atoms with van der Waals surface area (Å²) in [6.07, 6.45) is 0.760. The van der Waals surface area contributed by atoms with Crippen LogP contribution in [0.5, 0.6) is 0 Å². The van der Waals surface area contributed by atoms with Gasteiger partial charge in [0.1, 0.15) is 5.76 Å². The number of carbonyl (C=O) groups is 2. The Bertz CT molecular complexity index is 732. The molecule has 1 aromatic heterocycles. The summed E-state index contributed by atoms with van der Waals surface area (Å²) in [6.45, 7) is 3.90. The highest BCUT2D eigenvalue weighted by molar-refractivity contribution is 5.94. The molecule has 0 bridgehead atoms. The summed E-state index contributed by atoms with van der Waals surface area (Å²) in [5.41, 5.74) is 2.91. The molecule has 0 spiro atoms. The lowest BCUT2D eigenvalue weighted by Gasteiger charge is -2.09. The van der Waals surface area contributed by atoms with Crippen LogP contribution in [-0.2, 0) is 22.6 Å². The summed E-state index contributed by atoms with van der Waals surface area (Å²) in [7, 11) is 1.52. The number of anilines is 1. The zero-order valence-corrected chi connectivity index (χ0v) is 13.9. The van der Waals surface area contributed by atoms with Gasteiger partial charge in [0, 0.05) is 24.8 Å². The van der Waals surface area contributed by atoms with Crippen LogP contribution in [0.4, 0.5) is 5.69 Å².